The first kappa shape index (κ1) is 25.0. The first-order valence-corrected chi connectivity index (χ1v) is 11.4. The molecule has 0 N–H and O–H groups in total. The van der Waals surface area contributed by atoms with Crippen LogP contribution in [0.5, 0.6) is 0 Å². The van der Waals surface area contributed by atoms with E-state index >= 15 is 0 Å². The molecule has 0 bridgehead atoms. The number of aromatic nitrogens is 1. The Hall–Kier alpha value is -2.61. The van der Waals surface area contributed by atoms with E-state index in [0.29, 0.717) is 36.7 Å². The molecule has 0 unspecified atom stereocenters. The molecule has 1 aliphatic rings. The van der Waals surface area contributed by atoms with E-state index in [1.54, 1.807) is 23.9 Å². The average Bonchev–Trinajstić information content (AvgIpc) is 2.78. The zero-order valence-electron chi connectivity index (χ0n) is 19.4. The minimum atomic E-state index is -4.36. The van der Waals surface area contributed by atoms with E-state index in [1.807, 2.05) is 12.3 Å². The fraction of sp³-hybridized carbons (Fsp3) is 0.520. The highest BCUT2D eigenvalue weighted by Crippen LogP contribution is 2.30. The maximum Gasteiger partial charge on any atom is 0.416 e. The second kappa shape index (κ2) is 11.0. The summed E-state index contributed by atoms with van der Waals surface area (Å²) >= 11 is 0. The van der Waals surface area contributed by atoms with Gasteiger partial charge in [0.05, 0.1) is 29.5 Å². The third-order valence-electron chi connectivity index (χ3n) is 5.91. The largest absolute Gasteiger partial charge is 0.416 e. The molecule has 0 atom stereocenters. The summed E-state index contributed by atoms with van der Waals surface area (Å²) in [7, 11) is 1.66. The van der Waals surface area contributed by atoms with E-state index in [0.717, 1.165) is 37.1 Å². The van der Waals surface area contributed by atoms with Crippen LogP contribution in [0.15, 0.2) is 46.3 Å². The van der Waals surface area contributed by atoms with Gasteiger partial charge in [-0.15, -0.1) is 0 Å². The maximum atomic E-state index is 13.0. The van der Waals surface area contributed by atoms with Crippen LogP contribution in [-0.4, -0.2) is 37.0 Å². The Morgan fingerprint density at radius 1 is 1.21 bits per heavy atom. The minimum absolute atomic E-state index is 0.0366. The molecule has 1 aliphatic heterocycles. The summed E-state index contributed by atoms with van der Waals surface area (Å²) in [6, 6.07) is 7.23. The van der Waals surface area contributed by atoms with Crippen molar-refractivity contribution >= 4 is 11.9 Å². The molecule has 2 heterocycles. The van der Waals surface area contributed by atoms with Crippen LogP contribution in [0.3, 0.4) is 0 Å². The number of aliphatic imine (C=N–C) groups is 1. The SMILES string of the molecule is CN=Cc1c(N2CCC(OCc3cccc(C(F)(F)F)c3)CC2)ccn(CCC(C)C)c1=O. The third kappa shape index (κ3) is 6.69. The lowest BCUT2D eigenvalue weighted by Crippen LogP contribution is -2.39. The van der Waals surface area contributed by atoms with Gasteiger partial charge in [0.2, 0.25) is 0 Å². The Labute approximate surface area is 192 Å². The lowest BCUT2D eigenvalue weighted by atomic mass is 10.1. The van der Waals surface area contributed by atoms with Crippen LogP contribution in [0.4, 0.5) is 18.9 Å². The molecule has 8 heteroatoms. The molecular weight excluding hydrogens is 431 g/mol. The van der Waals surface area contributed by atoms with Crippen LogP contribution in [0.2, 0.25) is 0 Å². The Balaban J connectivity index is 1.62. The van der Waals surface area contributed by atoms with E-state index in [1.165, 1.54) is 6.07 Å². The normalized spacial score (nSPS) is 15.7. The van der Waals surface area contributed by atoms with Crippen molar-refractivity contribution in [3.05, 3.63) is 63.6 Å². The number of alkyl halides is 3. The fourth-order valence-corrected chi connectivity index (χ4v) is 4.00. The van der Waals surface area contributed by atoms with E-state index in [9.17, 15) is 18.0 Å². The molecule has 0 spiro atoms. The van der Waals surface area contributed by atoms with Gasteiger partial charge in [-0.3, -0.25) is 9.79 Å². The Bertz CT molecular complexity index is 1010. The fourth-order valence-electron chi connectivity index (χ4n) is 4.00. The standard InChI is InChI=1S/C25H32F3N3O2/c1-18(2)7-11-31-14-10-23(22(16-29-3)24(31)32)30-12-8-21(9-13-30)33-17-19-5-4-6-20(15-19)25(26,27)28/h4-6,10,14-16,18,21H,7-9,11-13,17H2,1-3H3. The summed E-state index contributed by atoms with van der Waals surface area (Å²) in [6.45, 7) is 6.49. The molecule has 0 amide bonds. The van der Waals surface area contributed by atoms with Crippen molar-refractivity contribution in [2.45, 2.75) is 58.5 Å². The van der Waals surface area contributed by atoms with Gasteiger partial charge in [-0.05, 0) is 48.9 Å². The zero-order valence-corrected chi connectivity index (χ0v) is 19.4. The minimum Gasteiger partial charge on any atom is -0.373 e. The van der Waals surface area contributed by atoms with Crippen molar-refractivity contribution in [3.8, 4) is 0 Å². The van der Waals surface area contributed by atoms with Gasteiger partial charge >= 0.3 is 6.18 Å². The van der Waals surface area contributed by atoms with Gasteiger partial charge in [0.15, 0.2) is 0 Å². The van der Waals surface area contributed by atoms with Crippen molar-refractivity contribution in [1.82, 2.24) is 4.57 Å². The van der Waals surface area contributed by atoms with E-state index in [2.05, 4.69) is 23.7 Å². The van der Waals surface area contributed by atoms with Gasteiger partial charge in [-0.1, -0.05) is 26.0 Å². The number of benzene rings is 1. The van der Waals surface area contributed by atoms with Crippen molar-refractivity contribution in [1.29, 1.82) is 0 Å². The lowest BCUT2D eigenvalue weighted by molar-refractivity contribution is -0.137. The molecule has 1 fully saturated rings. The Morgan fingerprint density at radius 3 is 2.58 bits per heavy atom. The first-order chi connectivity index (χ1) is 15.7. The Kier molecular flexibility index (Phi) is 8.35. The maximum absolute atomic E-state index is 13.0. The average molecular weight is 464 g/mol. The van der Waals surface area contributed by atoms with Gasteiger partial charge < -0.3 is 14.2 Å². The second-order valence-electron chi connectivity index (χ2n) is 8.88. The van der Waals surface area contributed by atoms with E-state index in [4.69, 9.17) is 4.74 Å². The number of piperidine rings is 1. The molecule has 0 saturated carbocycles. The molecule has 180 valence electrons. The van der Waals surface area contributed by atoms with Gasteiger partial charge in [0, 0.05) is 39.1 Å². The van der Waals surface area contributed by atoms with Crippen LogP contribution in [0.25, 0.3) is 0 Å². The quantitative estimate of drug-likeness (QED) is 0.509. The zero-order chi connectivity index (χ0) is 24.0. The molecule has 5 nitrogen and oxygen atoms in total. The topological polar surface area (TPSA) is 46.8 Å². The van der Waals surface area contributed by atoms with Crippen LogP contribution in [0.1, 0.15) is 49.8 Å². The summed E-state index contributed by atoms with van der Waals surface area (Å²) in [4.78, 5) is 19.3. The van der Waals surface area contributed by atoms with Crippen LogP contribution >= 0.6 is 0 Å². The smallest absolute Gasteiger partial charge is 0.373 e. The summed E-state index contributed by atoms with van der Waals surface area (Å²) in [6.07, 6.45) is 1.48. The molecular formula is C25H32F3N3O2. The summed E-state index contributed by atoms with van der Waals surface area (Å²) in [5.41, 5.74) is 1.27. The van der Waals surface area contributed by atoms with Gasteiger partial charge in [0.25, 0.3) is 5.56 Å². The molecule has 3 rings (SSSR count). The molecule has 1 aromatic heterocycles. The first-order valence-electron chi connectivity index (χ1n) is 11.4. The molecule has 33 heavy (non-hydrogen) atoms. The summed E-state index contributed by atoms with van der Waals surface area (Å²) in [5.74, 6) is 0.509. The van der Waals surface area contributed by atoms with Gasteiger partial charge in [-0.2, -0.15) is 13.2 Å². The van der Waals surface area contributed by atoms with Gasteiger partial charge in [0.1, 0.15) is 0 Å². The molecule has 0 radical (unpaired) electrons. The second-order valence-corrected chi connectivity index (χ2v) is 8.88. The highest BCUT2D eigenvalue weighted by Gasteiger charge is 2.30. The number of nitrogens with zero attached hydrogens (tertiary/aromatic N) is 3. The number of hydrogen-bond donors (Lipinski definition) is 0. The highest BCUT2D eigenvalue weighted by molar-refractivity contribution is 5.87. The van der Waals surface area contributed by atoms with Gasteiger partial charge in [-0.25, -0.2) is 0 Å². The number of halogens is 3. The van der Waals surface area contributed by atoms with Crippen molar-refractivity contribution < 1.29 is 17.9 Å². The summed E-state index contributed by atoms with van der Waals surface area (Å²) in [5, 5.41) is 0. The van der Waals surface area contributed by atoms with Crippen LogP contribution < -0.4 is 10.5 Å². The number of rotatable bonds is 8. The van der Waals surface area contributed by atoms with Crippen LogP contribution in [-0.2, 0) is 24.1 Å². The predicted molar refractivity (Wildman–Crippen MR) is 125 cm³/mol. The van der Waals surface area contributed by atoms with Crippen LogP contribution in [0, 0.1) is 5.92 Å². The Morgan fingerprint density at radius 2 is 1.94 bits per heavy atom. The number of pyridine rings is 1. The third-order valence-corrected chi connectivity index (χ3v) is 5.91. The van der Waals surface area contributed by atoms with Crippen molar-refractivity contribution in [3.63, 3.8) is 0 Å². The molecule has 0 aliphatic carbocycles. The summed E-state index contributed by atoms with van der Waals surface area (Å²) < 4.78 is 46.4. The van der Waals surface area contributed by atoms with E-state index in [-0.39, 0.29) is 18.3 Å². The molecule has 1 saturated heterocycles. The highest BCUT2D eigenvalue weighted by atomic mass is 19.4. The number of aryl methyl sites for hydroxylation is 1. The molecule has 2 aromatic rings. The van der Waals surface area contributed by atoms with E-state index < -0.39 is 11.7 Å². The van der Waals surface area contributed by atoms with Crippen molar-refractivity contribution in [2.24, 2.45) is 10.9 Å². The lowest BCUT2D eigenvalue weighted by Gasteiger charge is -2.34. The van der Waals surface area contributed by atoms with Crippen molar-refractivity contribution in [2.75, 3.05) is 25.0 Å². The number of hydrogen-bond acceptors (Lipinski definition) is 4. The molecule has 1 aromatic carbocycles. The number of anilines is 1. The predicted octanol–water partition coefficient (Wildman–Crippen LogP) is 5.15. The monoisotopic (exact) mass is 463 g/mol. The number of ether oxygens (including phenoxy) is 1.